The molecule has 4 N–H and O–H groups in total. The van der Waals surface area contributed by atoms with Gasteiger partial charge in [0, 0.05) is 36.7 Å². The Hall–Kier alpha value is -2.82. The number of anilines is 1. The second-order valence-electron chi connectivity index (χ2n) is 9.44. The lowest BCUT2D eigenvalue weighted by Crippen LogP contribution is -2.49. The van der Waals surface area contributed by atoms with Crippen LogP contribution in [-0.4, -0.2) is 48.1 Å². The van der Waals surface area contributed by atoms with E-state index < -0.39 is 23.4 Å². The summed E-state index contributed by atoms with van der Waals surface area (Å²) in [6, 6.07) is 10.6. The standard InChI is InChI=1S/C25H30ClF3N4O3/c1-15-10-22(35)32-33-23(15)16-4-7-18(8-5-16)30-14-24(2,3)31-12-19(34)13-36-21-11-17(25(27,28)29)6-9-20(21)26/h4-9,11,15,19,30-31,34H,10,12-14H2,1-3H3,(H,32,35)/t15-,19+/m1/s1. The predicted molar refractivity (Wildman–Crippen MR) is 133 cm³/mol. The van der Waals surface area contributed by atoms with Gasteiger partial charge in [0.25, 0.3) is 0 Å². The van der Waals surface area contributed by atoms with Crippen molar-refractivity contribution in [3.63, 3.8) is 0 Å². The molecular formula is C25H30ClF3N4O3. The summed E-state index contributed by atoms with van der Waals surface area (Å²) in [6.07, 6.45) is -5.07. The first kappa shape index (κ1) is 27.8. The Morgan fingerprint density at radius 3 is 2.56 bits per heavy atom. The molecule has 1 amide bonds. The largest absolute Gasteiger partial charge is 0.489 e. The molecule has 0 spiro atoms. The Labute approximate surface area is 213 Å². The third kappa shape index (κ3) is 7.84. The number of aliphatic hydroxyl groups excluding tert-OH is 1. The monoisotopic (exact) mass is 526 g/mol. The van der Waals surface area contributed by atoms with Crippen LogP contribution < -0.4 is 20.8 Å². The van der Waals surface area contributed by atoms with Crippen molar-refractivity contribution in [2.75, 3.05) is 25.0 Å². The van der Waals surface area contributed by atoms with Crippen LogP contribution in [0.3, 0.4) is 0 Å². The van der Waals surface area contributed by atoms with Gasteiger partial charge < -0.3 is 20.5 Å². The molecule has 0 aromatic heterocycles. The van der Waals surface area contributed by atoms with E-state index in [-0.39, 0.29) is 35.7 Å². The molecule has 0 bridgehead atoms. The number of halogens is 4. The van der Waals surface area contributed by atoms with Crippen molar-refractivity contribution in [1.82, 2.24) is 10.7 Å². The van der Waals surface area contributed by atoms with Gasteiger partial charge in [-0.1, -0.05) is 30.7 Å². The fraction of sp³-hybridized carbons (Fsp3) is 0.440. The topological polar surface area (TPSA) is 95.0 Å². The molecule has 1 heterocycles. The minimum Gasteiger partial charge on any atom is -0.489 e. The van der Waals surface area contributed by atoms with Crippen molar-refractivity contribution in [1.29, 1.82) is 0 Å². The molecule has 196 valence electrons. The van der Waals surface area contributed by atoms with E-state index in [1.165, 1.54) is 0 Å². The average molecular weight is 527 g/mol. The number of benzene rings is 2. The van der Waals surface area contributed by atoms with Gasteiger partial charge in [0.15, 0.2) is 0 Å². The zero-order valence-electron chi connectivity index (χ0n) is 20.2. The van der Waals surface area contributed by atoms with Gasteiger partial charge in [-0.15, -0.1) is 0 Å². The van der Waals surface area contributed by atoms with Crippen molar-refractivity contribution in [2.45, 2.75) is 45.0 Å². The number of β-amino-alcohol motifs (C(OH)–C–C–N with tert-alkyl or cyclic N) is 1. The minimum absolute atomic E-state index is 0.0356. The highest BCUT2D eigenvalue weighted by Gasteiger charge is 2.31. The van der Waals surface area contributed by atoms with Crippen LogP contribution >= 0.6 is 11.6 Å². The molecule has 2 aromatic rings. The highest BCUT2D eigenvalue weighted by Crippen LogP contribution is 2.35. The van der Waals surface area contributed by atoms with E-state index in [1.54, 1.807) is 0 Å². The second kappa shape index (κ2) is 11.5. The SMILES string of the molecule is C[C@@H]1CC(=O)NN=C1c1ccc(NCC(C)(C)NC[C@H](O)COc2cc(C(F)(F)F)ccc2Cl)cc1. The van der Waals surface area contributed by atoms with Crippen LogP contribution in [0.1, 0.15) is 38.3 Å². The number of alkyl halides is 3. The number of nitrogens with zero attached hydrogens (tertiary/aromatic N) is 1. The average Bonchev–Trinajstić information content (AvgIpc) is 2.81. The zero-order chi connectivity index (χ0) is 26.5. The first-order valence-electron chi connectivity index (χ1n) is 11.5. The smallest absolute Gasteiger partial charge is 0.416 e. The number of rotatable bonds is 10. The maximum atomic E-state index is 12.9. The minimum atomic E-state index is -4.51. The van der Waals surface area contributed by atoms with E-state index in [4.69, 9.17) is 16.3 Å². The molecule has 0 radical (unpaired) electrons. The van der Waals surface area contributed by atoms with Crippen LogP contribution in [0.25, 0.3) is 0 Å². The molecular weight excluding hydrogens is 497 g/mol. The van der Waals surface area contributed by atoms with Gasteiger partial charge >= 0.3 is 6.18 Å². The number of ether oxygens (including phenoxy) is 1. The van der Waals surface area contributed by atoms with Crippen molar-refractivity contribution in [3.8, 4) is 5.75 Å². The molecule has 2 atom stereocenters. The summed E-state index contributed by atoms with van der Waals surface area (Å²) < 4.78 is 44.0. The zero-order valence-corrected chi connectivity index (χ0v) is 21.0. The molecule has 7 nitrogen and oxygen atoms in total. The van der Waals surface area contributed by atoms with E-state index in [1.807, 2.05) is 45.0 Å². The van der Waals surface area contributed by atoms with Crippen molar-refractivity contribution in [2.24, 2.45) is 11.0 Å². The number of nitrogens with one attached hydrogen (secondary N) is 3. The van der Waals surface area contributed by atoms with E-state index in [0.717, 1.165) is 35.2 Å². The number of hydrogen-bond acceptors (Lipinski definition) is 6. The van der Waals surface area contributed by atoms with E-state index in [9.17, 15) is 23.1 Å². The van der Waals surface area contributed by atoms with Crippen LogP contribution in [-0.2, 0) is 11.0 Å². The molecule has 1 aliphatic heterocycles. The summed E-state index contributed by atoms with van der Waals surface area (Å²) >= 11 is 5.92. The number of carbonyl (C=O) groups excluding carboxylic acids is 1. The van der Waals surface area contributed by atoms with Gasteiger partial charge in [-0.05, 0) is 49.7 Å². The summed E-state index contributed by atoms with van der Waals surface area (Å²) in [6.45, 7) is 6.34. The van der Waals surface area contributed by atoms with Gasteiger partial charge in [-0.25, -0.2) is 5.43 Å². The second-order valence-corrected chi connectivity index (χ2v) is 9.85. The molecule has 11 heteroatoms. The fourth-order valence-electron chi connectivity index (χ4n) is 3.58. The predicted octanol–water partition coefficient (Wildman–Crippen LogP) is 4.44. The summed E-state index contributed by atoms with van der Waals surface area (Å²) in [4.78, 5) is 11.4. The molecule has 36 heavy (non-hydrogen) atoms. The van der Waals surface area contributed by atoms with Crippen LogP contribution in [0.5, 0.6) is 5.75 Å². The molecule has 0 aliphatic carbocycles. The third-order valence-corrected chi connectivity index (χ3v) is 5.99. The van der Waals surface area contributed by atoms with Crippen LogP contribution in [0.2, 0.25) is 5.02 Å². The quantitative estimate of drug-likeness (QED) is 0.367. The third-order valence-electron chi connectivity index (χ3n) is 5.68. The lowest BCUT2D eigenvalue weighted by Gasteiger charge is -2.28. The molecule has 0 unspecified atom stereocenters. The highest BCUT2D eigenvalue weighted by atomic mass is 35.5. The number of hydrazone groups is 1. The lowest BCUT2D eigenvalue weighted by molar-refractivity contribution is -0.137. The van der Waals surface area contributed by atoms with E-state index in [0.29, 0.717) is 13.0 Å². The first-order valence-corrected chi connectivity index (χ1v) is 11.9. The Kier molecular flexibility index (Phi) is 8.86. The number of hydrogen-bond donors (Lipinski definition) is 4. The van der Waals surface area contributed by atoms with Gasteiger partial charge in [0.05, 0.1) is 16.3 Å². The van der Waals surface area contributed by atoms with Gasteiger partial charge in [0.1, 0.15) is 18.5 Å². The van der Waals surface area contributed by atoms with Gasteiger partial charge in [0.2, 0.25) is 5.91 Å². The summed E-state index contributed by atoms with van der Waals surface area (Å²) in [5.74, 6) is -0.179. The van der Waals surface area contributed by atoms with Gasteiger partial charge in [-0.3, -0.25) is 4.79 Å². The van der Waals surface area contributed by atoms with Crippen LogP contribution in [0.15, 0.2) is 47.6 Å². The molecule has 0 fully saturated rings. The molecule has 0 saturated carbocycles. The number of amides is 1. The van der Waals surface area contributed by atoms with E-state index in [2.05, 4.69) is 21.2 Å². The Morgan fingerprint density at radius 2 is 1.92 bits per heavy atom. The number of aliphatic hydroxyl groups is 1. The molecule has 1 aliphatic rings. The summed E-state index contributed by atoms with van der Waals surface area (Å²) in [7, 11) is 0. The van der Waals surface area contributed by atoms with Crippen molar-refractivity contribution < 1.29 is 27.8 Å². The number of carbonyl (C=O) groups is 1. The Morgan fingerprint density at radius 1 is 1.22 bits per heavy atom. The fourth-order valence-corrected chi connectivity index (χ4v) is 3.75. The highest BCUT2D eigenvalue weighted by molar-refractivity contribution is 6.32. The molecule has 2 aromatic carbocycles. The Bertz CT molecular complexity index is 1090. The summed E-state index contributed by atoms with van der Waals surface area (Å²) in [5.41, 5.74) is 3.90. The Balaban J connectivity index is 1.46. The van der Waals surface area contributed by atoms with E-state index >= 15 is 0 Å². The molecule has 0 saturated heterocycles. The maximum absolute atomic E-state index is 12.9. The molecule has 3 rings (SSSR count). The maximum Gasteiger partial charge on any atom is 0.416 e. The van der Waals surface area contributed by atoms with Gasteiger partial charge in [-0.2, -0.15) is 18.3 Å². The normalized spacial score (nSPS) is 17.3. The first-order chi connectivity index (χ1) is 16.8. The summed E-state index contributed by atoms with van der Waals surface area (Å²) in [5, 5.41) is 21.0. The van der Waals surface area contributed by atoms with Crippen molar-refractivity contribution >= 4 is 28.9 Å². The van der Waals surface area contributed by atoms with Crippen LogP contribution in [0, 0.1) is 5.92 Å². The van der Waals surface area contributed by atoms with Crippen molar-refractivity contribution in [3.05, 3.63) is 58.6 Å². The van der Waals surface area contributed by atoms with Crippen LogP contribution in [0.4, 0.5) is 18.9 Å². The lowest BCUT2D eigenvalue weighted by atomic mass is 9.94.